The molecule has 2 rings (SSSR count). The lowest BCUT2D eigenvalue weighted by molar-refractivity contribution is 0.358. The average molecular weight is 293 g/mol. The van der Waals surface area contributed by atoms with E-state index in [-0.39, 0.29) is 0 Å². The van der Waals surface area contributed by atoms with Gasteiger partial charge < -0.3 is 5.32 Å². The van der Waals surface area contributed by atoms with E-state index in [0.29, 0.717) is 11.6 Å². The Kier molecular flexibility index (Phi) is 4.06. The normalized spacial score (nSPS) is 24.1. The number of nitrogens with zero attached hydrogens (tertiary/aromatic N) is 1. The first-order chi connectivity index (χ1) is 8.17. The fourth-order valence-electron chi connectivity index (χ4n) is 2.54. The first-order valence-electron chi connectivity index (χ1n) is 6.14. The number of benzene rings is 1. The molecule has 90 valence electrons. The molecule has 1 aliphatic carbocycles. The van der Waals surface area contributed by atoms with Gasteiger partial charge in [-0.05, 0) is 37.0 Å². The Morgan fingerprint density at radius 1 is 1.35 bits per heavy atom. The molecule has 1 aromatic rings. The summed E-state index contributed by atoms with van der Waals surface area (Å²) in [5.74, 6) is 0.809. The van der Waals surface area contributed by atoms with Gasteiger partial charge in [0.2, 0.25) is 0 Å². The Bertz CT molecular complexity index is 436. The van der Waals surface area contributed by atoms with Gasteiger partial charge in [-0.3, -0.25) is 0 Å². The fraction of sp³-hybridized carbons (Fsp3) is 0.500. The molecular weight excluding hydrogens is 276 g/mol. The molecule has 1 aromatic carbocycles. The molecule has 0 amide bonds. The zero-order chi connectivity index (χ0) is 12.3. The zero-order valence-corrected chi connectivity index (χ0v) is 11.6. The number of anilines is 1. The molecule has 2 nitrogen and oxygen atoms in total. The van der Waals surface area contributed by atoms with Gasteiger partial charge in [0, 0.05) is 16.2 Å². The second-order valence-electron chi connectivity index (χ2n) is 4.95. The lowest BCUT2D eigenvalue weighted by Gasteiger charge is -2.28. The minimum Gasteiger partial charge on any atom is -0.382 e. The van der Waals surface area contributed by atoms with Crippen molar-refractivity contribution in [1.29, 1.82) is 5.26 Å². The summed E-state index contributed by atoms with van der Waals surface area (Å²) >= 11 is 3.44. The Hall–Kier alpha value is -1.01. The van der Waals surface area contributed by atoms with Crippen molar-refractivity contribution in [2.75, 3.05) is 5.32 Å². The first kappa shape index (κ1) is 12.4. The van der Waals surface area contributed by atoms with E-state index in [0.717, 1.165) is 16.1 Å². The Morgan fingerprint density at radius 2 is 2.18 bits per heavy atom. The molecule has 0 bridgehead atoms. The van der Waals surface area contributed by atoms with E-state index >= 15 is 0 Å². The highest BCUT2D eigenvalue weighted by atomic mass is 79.9. The lowest BCUT2D eigenvalue weighted by atomic mass is 9.87. The van der Waals surface area contributed by atoms with Gasteiger partial charge in [0.25, 0.3) is 0 Å². The van der Waals surface area contributed by atoms with Gasteiger partial charge >= 0.3 is 0 Å². The summed E-state index contributed by atoms with van der Waals surface area (Å²) in [6.45, 7) is 2.31. The Morgan fingerprint density at radius 3 is 2.88 bits per heavy atom. The monoisotopic (exact) mass is 292 g/mol. The summed E-state index contributed by atoms with van der Waals surface area (Å²) < 4.78 is 0.961. The van der Waals surface area contributed by atoms with E-state index in [4.69, 9.17) is 5.26 Å². The second-order valence-corrected chi connectivity index (χ2v) is 5.87. The summed E-state index contributed by atoms with van der Waals surface area (Å²) in [6.07, 6.45) is 5.12. The van der Waals surface area contributed by atoms with Crippen molar-refractivity contribution in [3.05, 3.63) is 28.2 Å². The highest BCUT2D eigenvalue weighted by Crippen LogP contribution is 2.27. The largest absolute Gasteiger partial charge is 0.382 e. The molecule has 0 aliphatic heterocycles. The average Bonchev–Trinajstić information content (AvgIpc) is 2.28. The van der Waals surface area contributed by atoms with Crippen LogP contribution in [0.1, 0.15) is 38.2 Å². The number of halogens is 1. The predicted octanol–water partition coefficient (Wildman–Crippen LogP) is 4.31. The number of hydrogen-bond donors (Lipinski definition) is 1. The van der Waals surface area contributed by atoms with Gasteiger partial charge in [0.15, 0.2) is 0 Å². The summed E-state index contributed by atoms with van der Waals surface area (Å²) in [5.41, 5.74) is 1.75. The predicted molar refractivity (Wildman–Crippen MR) is 73.9 cm³/mol. The van der Waals surface area contributed by atoms with Crippen molar-refractivity contribution >= 4 is 21.6 Å². The highest BCUT2D eigenvalue weighted by molar-refractivity contribution is 9.10. The van der Waals surface area contributed by atoms with Crippen LogP contribution >= 0.6 is 15.9 Å². The van der Waals surface area contributed by atoms with Gasteiger partial charge in [0.1, 0.15) is 0 Å². The van der Waals surface area contributed by atoms with Crippen LogP contribution in [0.25, 0.3) is 0 Å². The quantitative estimate of drug-likeness (QED) is 0.882. The Balaban J connectivity index is 2.07. The molecule has 1 N–H and O–H groups in total. The van der Waals surface area contributed by atoms with Crippen LogP contribution in [0.5, 0.6) is 0 Å². The highest BCUT2D eigenvalue weighted by Gasteiger charge is 2.18. The molecule has 2 atom stereocenters. The number of nitrogens with one attached hydrogen (secondary N) is 1. The molecule has 1 saturated carbocycles. The van der Waals surface area contributed by atoms with Crippen molar-refractivity contribution in [3.8, 4) is 6.07 Å². The molecule has 0 aromatic heterocycles. The summed E-state index contributed by atoms with van der Waals surface area (Å²) in [4.78, 5) is 0. The molecule has 0 heterocycles. The molecule has 2 unspecified atom stereocenters. The van der Waals surface area contributed by atoms with Crippen LogP contribution in [0, 0.1) is 17.2 Å². The number of rotatable bonds is 2. The number of hydrogen-bond acceptors (Lipinski definition) is 2. The smallest absolute Gasteiger partial charge is 0.0992 e. The Labute approximate surface area is 111 Å². The van der Waals surface area contributed by atoms with Crippen molar-refractivity contribution in [2.24, 2.45) is 5.92 Å². The first-order valence-corrected chi connectivity index (χ1v) is 6.94. The third-order valence-electron chi connectivity index (χ3n) is 3.33. The fourth-order valence-corrected chi connectivity index (χ4v) is 3.03. The van der Waals surface area contributed by atoms with Crippen molar-refractivity contribution < 1.29 is 0 Å². The van der Waals surface area contributed by atoms with Gasteiger partial charge in [-0.15, -0.1) is 0 Å². The van der Waals surface area contributed by atoms with Crippen molar-refractivity contribution in [3.63, 3.8) is 0 Å². The van der Waals surface area contributed by atoms with E-state index in [9.17, 15) is 0 Å². The van der Waals surface area contributed by atoms with E-state index in [1.165, 1.54) is 25.7 Å². The molecule has 17 heavy (non-hydrogen) atoms. The molecule has 0 saturated heterocycles. The lowest BCUT2D eigenvalue weighted by Crippen LogP contribution is -2.26. The van der Waals surface area contributed by atoms with Crippen LogP contribution in [-0.4, -0.2) is 6.04 Å². The van der Waals surface area contributed by atoms with Crippen LogP contribution in [0.15, 0.2) is 22.7 Å². The second kappa shape index (κ2) is 5.55. The standard InChI is InChI=1S/C14H17BrN2/c1-10-3-2-4-13(5-10)17-14-7-11(9-16)6-12(15)8-14/h6-8,10,13,17H,2-5H2,1H3. The molecule has 0 spiro atoms. The van der Waals surface area contributed by atoms with Crippen LogP contribution in [0.3, 0.4) is 0 Å². The van der Waals surface area contributed by atoms with E-state index in [1.807, 2.05) is 18.2 Å². The minimum absolute atomic E-state index is 0.555. The SMILES string of the molecule is CC1CCCC(Nc2cc(Br)cc(C#N)c2)C1. The maximum Gasteiger partial charge on any atom is 0.0992 e. The molecule has 3 heteroatoms. The third kappa shape index (κ3) is 3.47. The van der Waals surface area contributed by atoms with Crippen molar-refractivity contribution in [1.82, 2.24) is 0 Å². The number of nitriles is 1. The van der Waals surface area contributed by atoms with Gasteiger partial charge in [0.05, 0.1) is 11.6 Å². The summed E-state index contributed by atoms with van der Waals surface area (Å²) in [5, 5.41) is 12.5. The molecule has 0 radical (unpaired) electrons. The molecular formula is C14H17BrN2. The van der Waals surface area contributed by atoms with Crippen LogP contribution in [0.4, 0.5) is 5.69 Å². The molecule has 1 aliphatic rings. The maximum absolute atomic E-state index is 8.94. The molecule has 1 fully saturated rings. The summed E-state index contributed by atoms with van der Waals surface area (Å²) in [7, 11) is 0. The van der Waals surface area contributed by atoms with E-state index in [2.05, 4.69) is 34.2 Å². The topological polar surface area (TPSA) is 35.8 Å². The van der Waals surface area contributed by atoms with Crippen LogP contribution < -0.4 is 5.32 Å². The van der Waals surface area contributed by atoms with Crippen molar-refractivity contribution in [2.45, 2.75) is 38.6 Å². The van der Waals surface area contributed by atoms with Gasteiger partial charge in [-0.2, -0.15) is 5.26 Å². The van der Waals surface area contributed by atoms with Crippen LogP contribution in [0.2, 0.25) is 0 Å². The van der Waals surface area contributed by atoms with Gasteiger partial charge in [-0.25, -0.2) is 0 Å². The zero-order valence-electron chi connectivity index (χ0n) is 10.0. The van der Waals surface area contributed by atoms with E-state index in [1.54, 1.807) is 0 Å². The van der Waals surface area contributed by atoms with E-state index < -0.39 is 0 Å². The summed E-state index contributed by atoms with van der Waals surface area (Å²) in [6, 6.07) is 8.54. The third-order valence-corrected chi connectivity index (χ3v) is 3.79. The minimum atomic E-state index is 0.555. The van der Waals surface area contributed by atoms with Gasteiger partial charge in [-0.1, -0.05) is 35.7 Å². The van der Waals surface area contributed by atoms with Crippen LogP contribution in [-0.2, 0) is 0 Å². The maximum atomic E-state index is 8.94.